The molecule has 0 spiro atoms. The molecule has 0 heterocycles. The van der Waals surface area contributed by atoms with Crippen molar-refractivity contribution in [3.05, 3.63) is 98.5 Å². The Morgan fingerprint density at radius 1 is 0.950 bits per heavy atom. The Hall–Kier alpha value is -2.78. The highest BCUT2D eigenvalue weighted by Crippen LogP contribution is 2.29. The maximum Gasteiger partial charge on any atom is 0.244 e. The normalized spacial score (nSPS) is 12.1. The Labute approximate surface area is 251 Å². The van der Waals surface area contributed by atoms with Crippen LogP contribution in [0.2, 0.25) is 15.1 Å². The van der Waals surface area contributed by atoms with Crippen LogP contribution in [-0.2, 0) is 32.6 Å². The summed E-state index contributed by atoms with van der Waals surface area (Å²) in [7, 11) is -3.92. The van der Waals surface area contributed by atoms with E-state index in [1.807, 2.05) is 37.3 Å². The number of benzene rings is 3. The van der Waals surface area contributed by atoms with Gasteiger partial charge in [-0.2, -0.15) is 0 Å². The summed E-state index contributed by atoms with van der Waals surface area (Å²) in [6, 6.07) is 18.1. The van der Waals surface area contributed by atoms with Crippen molar-refractivity contribution in [2.45, 2.75) is 39.3 Å². The fraction of sp³-hybridized carbons (Fsp3) is 0.310. The summed E-state index contributed by atoms with van der Waals surface area (Å²) in [5.41, 5.74) is 2.16. The van der Waals surface area contributed by atoms with E-state index in [0.29, 0.717) is 39.2 Å². The van der Waals surface area contributed by atoms with Gasteiger partial charge in [-0.15, -0.1) is 0 Å². The molecule has 0 aliphatic carbocycles. The summed E-state index contributed by atoms with van der Waals surface area (Å²) < 4.78 is 26.9. The average molecular weight is 625 g/mol. The number of aryl methyl sites for hydroxylation is 1. The summed E-state index contributed by atoms with van der Waals surface area (Å²) in [5.74, 6) is -0.972. The number of nitrogens with one attached hydrogen (secondary N) is 1. The number of carbonyl (C=O) groups is 2. The number of sulfonamides is 1. The number of hydrogen-bond acceptors (Lipinski definition) is 4. The molecular formula is C29H32Cl3N3O4S. The van der Waals surface area contributed by atoms with Gasteiger partial charge in [0, 0.05) is 40.1 Å². The minimum atomic E-state index is -3.92. The zero-order chi connectivity index (χ0) is 29.4. The van der Waals surface area contributed by atoms with E-state index < -0.39 is 28.5 Å². The third-order valence-electron chi connectivity index (χ3n) is 6.33. The highest BCUT2D eigenvalue weighted by atomic mass is 35.5. The van der Waals surface area contributed by atoms with E-state index in [-0.39, 0.29) is 24.6 Å². The third kappa shape index (κ3) is 8.36. The Morgan fingerprint density at radius 3 is 2.20 bits per heavy atom. The first-order chi connectivity index (χ1) is 18.9. The lowest BCUT2D eigenvalue weighted by molar-refractivity contribution is -0.140. The van der Waals surface area contributed by atoms with Crippen LogP contribution >= 0.6 is 34.8 Å². The smallest absolute Gasteiger partial charge is 0.244 e. The maximum absolute atomic E-state index is 14.1. The Bertz CT molecular complexity index is 1430. The van der Waals surface area contributed by atoms with E-state index in [4.69, 9.17) is 34.8 Å². The topological polar surface area (TPSA) is 86.8 Å². The minimum absolute atomic E-state index is 0.111. The fourth-order valence-corrected chi connectivity index (χ4v) is 5.80. The van der Waals surface area contributed by atoms with Crippen molar-refractivity contribution in [1.29, 1.82) is 0 Å². The highest BCUT2D eigenvalue weighted by molar-refractivity contribution is 7.92. The molecule has 3 aromatic rings. The second-order valence-corrected chi connectivity index (χ2v) is 12.6. The van der Waals surface area contributed by atoms with Gasteiger partial charge in [-0.1, -0.05) is 84.2 Å². The highest BCUT2D eigenvalue weighted by Gasteiger charge is 2.34. The molecular weight excluding hydrogens is 593 g/mol. The van der Waals surface area contributed by atoms with Crippen molar-refractivity contribution in [2.75, 3.05) is 23.7 Å². The first kappa shape index (κ1) is 31.7. The van der Waals surface area contributed by atoms with Crippen LogP contribution in [0.3, 0.4) is 0 Å². The number of anilines is 1. The van der Waals surface area contributed by atoms with Crippen LogP contribution < -0.4 is 9.62 Å². The van der Waals surface area contributed by atoms with Crippen molar-refractivity contribution in [3.63, 3.8) is 0 Å². The van der Waals surface area contributed by atoms with Gasteiger partial charge in [0.1, 0.15) is 12.6 Å². The molecule has 3 rings (SSSR count). The Morgan fingerprint density at radius 2 is 1.60 bits per heavy atom. The van der Waals surface area contributed by atoms with Crippen LogP contribution in [0.5, 0.6) is 0 Å². The second kappa shape index (κ2) is 14.2. The largest absolute Gasteiger partial charge is 0.354 e. The fourth-order valence-electron chi connectivity index (χ4n) is 4.22. The zero-order valence-corrected chi connectivity index (χ0v) is 25.6. The maximum atomic E-state index is 14.1. The van der Waals surface area contributed by atoms with Crippen LogP contribution in [0.15, 0.2) is 66.7 Å². The molecule has 0 radical (unpaired) electrons. The molecule has 1 N–H and O–H groups in total. The van der Waals surface area contributed by atoms with Gasteiger partial charge >= 0.3 is 0 Å². The van der Waals surface area contributed by atoms with E-state index in [1.165, 1.54) is 11.0 Å². The SMILES string of the molecule is CCCNC(=O)C(Cc1ccccc1)N(Cc1c(Cl)cccc1Cl)C(=O)CN(c1cc(Cl)ccc1C)S(C)(=O)=O. The average Bonchev–Trinajstić information content (AvgIpc) is 2.90. The summed E-state index contributed by atoms with van der Waals surface area (Å²) in [4.78, 5) is 29.0. The lowest BCUT2D eigenvalue weighted by Crippen LogP contribution is -2.53. The van der Waals surface area contributed by atoms with Crippen LogP contribution in [0.25, 0.3) is 0 Å². The van der Waals surface area contributed by atoms with Crippen molar-refractivity contribution < 1.29 is 18.0 Å². The van der Waals surface area contributed by atoms with E-state index in [0.717, 1.165) is 16.1 Å². The summed E-state index contributed by atoms with van der Waals surface area (Å²) in [5, 5.41) is 3.85. The molecule has 1 atom stereocenters. The molecule has 7 nitrogen and oxygen atoms in total. The molecule has 40 heavy (non-hydrogen) atoms. The molecule has 0 aliphatic heterocycles. The molecule has 3 aromatic carbocycles. The molecule has 0 bridgehead atoms. The molecule has 0 fully saturated rings. The van der Waals surface area contributed by atoms with E-state index in [9.17, 15) is 18.0 Å². The van der Waals surface area contributed by atoms with E-state index in [1.54, 1.807) is 37.3 Å². The lowest BCUT2D eigenvalue weighted by atomic mass is 10.0. The van der Waals surface area contributed by atoms with Gasteiger partial charge in [0.05, 0.1) is 11.9 Å². The van der Waals surface area contributed by atoms with Gasteiger partial charge in [-0.05, 0) is 48.7 Å². The lowest BCUT2D eigenvalue weighted by Gasteiger charge is -2.34. The summed E-state index contributed by atoms with van der Waals surface area (Å²) in [6.45, 7) is 3.40. The van der Waals surface area contributed by atoms with E-state index in [2.05, 4.69) is 5.32 Å². The predicted octanol–water partition coefficient (Wildman–Crippen LogP) is 5.89. The van der Waals surface area contributed by atoms with Crippen molar-refractivity contribution in [1.82, 2.24) is 10.2 Å². The van der Waals surface area contributed by atoms with Crippen molar-refractivity contribution >= 4 is 62.3 Å². The van der Waals surface area contributed by atoms with Crippen LogP contribution in [-0.4, -0.2) is 50.5 Å². The van der Waals surface area contributed by atoms with Gasteiger partial charge in [-0.25, -0.2) is 8.42 Å². The summed E-state index contributed by atoms with van der Waals surface area (Å²) in [6.07, 6.45) is 1.91. The number of halogens is 3. The van der Waals surface area contributed by atoms with Crippen LogP contribution in [0.4, 0.5) is 5.69 Å². The summed E-state index contributed by atoms with van der Waals surface area (Å²) >= 11 is 19.1. The molecule has 0 saturated heterocycles. The first-order valence-corrected chi connectivity index (χ1v) is 15.7. The molecule has 0 aliphatic rings. The van der Waals surface area contributed by atoms with Gasteiger partial charge in [0.25, 0.3) is 0 Å². The third-order valence-corrected chi connectivity index (χ3v) is 8.40. The predicted molar refractivity (Wildman–Crippen MR) is 163 cm³/mol. The Kier molecular flexibility index (Phi) is 11.3. The molecule has 214 valence electrons. The molecule has 2 amide bonds. The van der Waals surface area contributed by atoms with Gasteiger partial charge in [0.2, 0.25) is 21.8 Å². The number of nitrogens with zero attached hydrogens (tertiary/aromatic N) is 2. The number of carbonyl (C=O) groups excluding carboxylic acids is 2. The second-order valence-electron chi connectivity index (χ2n) is 9.42. The number of rotatable bonds is 12. The van der Waals surface area contributed by atoms with Crippen LogP contribution in [0.1, 0.15) is 30.0 Å². The quantitative estimate of drug-likeness (QED) is 0.272. The Balaban J connectivity index is 2.11. The molecule has 11 heteroatoms. The molecule has 0 saturated carbocycles. The monoisotopic (exact) mass is 623 g/mol. The van der Waals surface area contributed by atoms with Crippen molar-refractivity contribution in [3.8, 4) is 0 Å². The van der Waals surface area contributed by atoms with Gasteiger partial charge in [-0.3, -0.25) is 13.9 Å². The molecule has 0 aromatic heterocycles. The molecule has 1 unspecified atom stereocenters. The number of amides is 2. The zero-order valence-electron chi connectivity index (χ0n) is 22.5. The standard InChI is InChI=1S/C29H32Cl3N3O4S/c1-4-15-33-29(37)27(16-21-9-6-5-7-10-21)34(18-23-24(31)11-8-12-25(23)32)28(36)19-35(40(3,38)39)26-17-22(30)14-13-20(26)2/h5-14,17,27H,4,15-16,18-19H2,1-3H3,(H,33,37). The van der Waals surface area contributed by atoms with E-state index >= 15 is 0 Å². The first-order valence-electron chi connectivity index (χ1n) is 12.7. The van der Waals surface area contributed by atoms with Crippen LogP contribution in [0, 0.1) is 6.92 Å². The van der Waals surface area contributed by atoms with Gasteiger partial charge < -0.3 is 10.2 Å². The van der Waals surface area contributed by atoms with Crippen molar-refractivity contribution in [2.24, 2.45) is 0 Å². The minimum Gasteiger partial charge on any atom is -0.354 e. The van der Waals surface area contributed by atoms with Gasteiger partial charge in [0.15, 0.2) is 0 Å². The number of hydrogen-bond donors (Lipinski definition) is 1.